The summed E-state index contributed by atoms with van der Waals surface area (Å²) in [5.74, 6) is -0.960. The second kappa shape index (κ2) is 8.50. The van der Waals surface area contributed by atoms with E-state index in [1.165, 1.54) is 22.5 Å². The zero-order valence-electron chi connectivity index (χ0n) is 17.4. The number of halogens is 2. The number of rotatable bonds is 6. The van der Waals surface area contributed by atoms with Gasteiger partial charge < -0.3 is 5.73 Å². The smallest absolute Gasteiger partial charge is 0.193 e. The van der Waals surface area contributed by atoms with E-state index in [9.17, 15) is 14.0 Å². The molecule has 2 N–H and O–H groups in total. The van der Waals surface area contributed by atoms with E-state index in [1.54, 1.807) is 37.4 Å². The molecule has 0 saturated heterocycles. The van der Waals surface area contributed by atoms with Gasteiger partial charge in [-0.3, -0.25) is 4.68 Å². The normalized spacial score (nSPS) is 12.0. The standard InChI is InChI=1S/C21H19F2N9/c1-12(22)9-31-7-6-15(29-31)10-32-11-17(28-30-32)19-18(23)20(25)27-21(26-19)16-5-3-4-14(8-24)13(16)2/h3-7,11-12H,9-10H2,1-2H3,(H2,25,26,27). The summed E-state index contributed by atoms with van der Waals surface area (Å²) in [7, 11) is 0. The molecule has 0 spiro atoms. The average Bonchev–Trinajstić information content (AvgIpc) is 3.39. The first-order valence-corrected chi connectivity index (χ1v) is 9.75. The second-order valence-corrected chi connectivity index (χ2v) is 7.30. The maximum absolute atomic E-state index is 14.8. The van der Waals surface area contributed by atoms with Crippen molar-refractivity contribution in [1.29, 1.82) is 5.26 Å². The average molecular weight is 435 g/mol. The van der Waals surface area contributed by atoms with Crippen molar-refractivity contribution in [1.82, 2.24) is 34.7 Å². The van der Waals surface area contributed by atoms with Crippen molar-refractivity contribution in [3.05, 3.63) is 59.3 Å². The highest BCUT2D eigenvalue weighted by Gasteiger charge is 2.19. The van der Waals surface area contributed by atoms with E-state index in [4.69, 9.17) is 5.73 Å². The third-order valence-electron chi connectivity index (χ3n) is 4.81. The molecular weight excluding hydrogens is 416 g/mol. The van der Waals surface area contributed by atoms with E-state index in [-0.39, 0.29) is 36.1 Å². The lowest BCUT2D eigenvalue weighted by Gasteiger charge is -2.09. The van der Waals surface area contributed by atoms with Gasteiger partial charge in [-0.05, 0) is 31.5 Å². The van der Waals surface area contributed by atoms with E-state index in [0.717, 1.165) is 0 Å². The molecule has 1 unspecified atom stereocenters. The highest BCUT2D eigenvalue weighted by Crippen LogP contribution is 2.28. The Morgan fingerprint density at radius 2 is 2.03 bits per heavy atom. The number of hydrogen-bond donors (Lipinski definition) is 1. The largest absolute Gasteiger partial charge is 0.381 e. The van der Waals surface area contributed by atoms with Gasteiger partial charge in [0.2, 0.25) is 0 Å². The fourth-order valence-corrected chi connectivity index (χ4v) is 3.25. The molecule has 9 nitrogen and oxygen atoms in total. The van der Waals surface area contributed by atoms with Gasteiger partial charge in [-0.1, -0.05) is 17.3 Å². The Kier molecular flexibility index (Phi) is 5.59. The number of anilines is 1. The topological polar surface area (TPSA) is 124 Å². The summed E-state index contributed by atoms with van der Waals surface area (Å²) < 4.78 is 30.9. The lowest BCUT2D eigenvalue weighted by Crippen LogP contribution is -2.09. The van der Waals surface area contributed by atoms with Crippen molar-refractivity contribution in [3.63, 3.8) is 0 Å². The molecule has 0 saturated carbocycles. The van der Waals surface area contributed by atoms with Gasteiger partial charge >= 0.3 is 0 Å². The van der Waals surface area contributed by atoms with Crippen molar-refractivity contribution in [3.8, 4) is 28.8 Å². The van der Waals surface area contributed by atoms with Gasteiger partial charge in [-0.15, -0.1) is 5.10 Å². The molecule has 0 fully saturated rings. The van der Waals surface area contributed by atoms with E-state index in [0.29, 0.717) is 22.4 Å². The molecule has 1 aromatic carbocycles. The van der Waals surface area contributed by atoms with E-state index in [1.807, 2.05) is 0 Å². The Morgan fingerprint density at radius 1 is 1.22 bits per heavy atom. The first kappa shape index (κ1) is 21.0. The number of nitrogens with two attached hydrogens (primary N) is 1. The number of nitriles is 1. The second-order valence-electron chi connectivity index (χ2n) is 7.30. The van der Waals surface area contributed by atoms with Crippen LogP contribution < -0.4 is 5.73 Å². The molecule has 0 aliphatic heterocycles. The Morgan fingerprint density at radius 3 is 2.78 bits per heavy atom. The molecule has 0 radical (unpaired) electrons. The third-order valence-corrected chi connectivity index (χ3v) is 4.81. The number of hydrogen-bond acceptors (Lipinski definition) is 7. The molecule has 3 heterocycles. The number of nitrogens with zero attached hydrogens (tertiary/aromatic N) is 8. The molecular formula is C21H19F2N9. The van der Waals surface area contributed by atoms with Gasteiger partial charge in [0, 0.05) is 11.8 Å². The predicted octanol–water partition coefficient (Wildman–Crippen LogP) is 2.91. The van der Waals surface area contributed by atoms with Crippen LogP contribution in [-0.4, -0.2) is 40.9 Å². The maximum Gasteiger partial charge on any atom is 0.193 e. The molecule has 32 heavy (non-hydrogen) atoms. The summed E-state index contributed by atoms with van der Waals surface area (Å²) in [6.07, 6.45) is 2.18. The van der Waals surface area contributed by atoms with Gasteiger partial charge in [0.1, 0.15) is 17.6 Å². The Balaban J connectivity index is 1.66. The van der Waals surface area contributed by atoms with Crippen molar-refractivity contribution < 1.29 is 8.78 Å². The predicted molar refractivity (Wildman–Crippen MR) is 112 cm³/mol. The summed E-state index contributed by atoms with van der Waals surface area (Å²) in [6.45, 7) is 3.64. The van der Waals surface area contributed by atoms with Gasteiger partial charge in [-0.2, -0.15) is 10.4 Å². The van der Waals surface area contributed by atoms with Crippen LogP contribution in [0.4, 0.5) is 14.6 Å². The Labute approximate surface area is 182 Å². The summed E-state index contributed by atoms with van der Waals surface area (Å²) in [5.41, 5.74) is 8.21. The van der Waals surface area contributed by atoms with E-state index in [2.05, 4.69) is 31.4 Å². The summed E-state index contributed by atoms with van der Waals surface area (Å²) in [4.78, 5) is 8.36. The van der Waals surface area contributed by atoms with Gasteiger partial charge in [0.05, 0.1) is 36.6 Å². The zero-order chi connectivity index (χ0) is 22.8. The molecule has 4 aromatic rings. The van der Waals surface area contributed by atoms with Crippen LogP contribution in [0.15, 0.2) is 36.7 Å². The van der Waals surface area contributed by atoms with Crippen LogP contribution in [0, 0.1) is 24.1 Å². The summed E-state index contributed by atoms with van der Waals surface area (Å²) in [6, 6.07) is 8.95. The van der Waals surface area contributed by atoms with E-state index < -0.39 is 12.0 Å². The number of benzene rings is 1. The SMILES string of the molecule is Cc1c(C#N)cccc1-c1nc(N)c(F)c(-c2cn(Cc3ccn(CC(C)F)n3)nn2)n1. The summed E-state index contributed by atoms with van der Waals surface area (Å²) in [5, 5.41) is 21.6. The minimum absolute atomic E-state index is 0.0997. The van der Waals surface area contributed by atoms with Crippen molar-refractivity contribution >= 4 is 5.82 Å². The van der Waals surface area contributed by atoms with Crippen LogP contribution in [0.3, 0.4) is 0 Å². The van der Waals surface area contributed by atoms with E-state index >= 15 is 0 Å². The number of nitrogen functional groups attached to an aromatic ring is 1. The van der Waals surface area contributed by atoms with Crippen LogP contribution >= 0.6 is 0 Å². The lowest BCUT2D eigenvalue weighted by atomic mass is 10.0. The molecule has 1 atom stereocenters. The molecule has 0 aliphatic carbocycles. The molecule has 162 valence electrons. The molecule has 4 rings (SSSR count). The first-order valence-electron chi connectivity index (χ1n) is 9.75. The first-order chi connectivity index (χ1) is 15.4. The van der Waals surface area contributed by atoms with Crippen molar-refractivity contribution in [2.45, 2.75) is 33.1 Å². The highest BCUT2D eigenvalue weighted by molar-refractivity contribution is 5.69. The minimum Gasteiger partial charge on any atom is -0.381 e. The van der Waals surface area contributed by atoms with Gasteiger partial charge in [0.15, 0.2) is 17.5 Å². The molecule has 0 bridgehead atoms. The van der Waals surface area contributed by atoms with Crippen molar-refractivity contribution in [2.24, 2.45) is 0 Å². The third kappa shape index (κ3) is 4.15. The van der Waals surface area contributed by atoms with Gasteiger partial charge in [0.25, 0.3) is 0 Å². The Hall–Kier alpha value is -4.20. The fraction of sp³-hybridized carbons (Fsp3) is 0.238. The van der Waals surface area contributed by atoms with Crippen LogP contribution in [0.2, 0.25) is 0 Å². The van der Waals surface area contributed by atoms with Crippen LogP contribution in [0.5, 0.6) is 0 Å². The molecule has 0 amide bonds. The maximum atomic E-state index is 14.8. The fourth-order valence-electron chi connectivity index (χ4n) is 3.25. The Bertz CT molecular complexity index is 1320. The quantitative estimate of drug-likeness (QED) is 0.494. The summed E-state index contributed by atoms with van der Waals surface area (Å²) >= 11 is 0. The van der Waals surface area contributed by atoms with Crippen LogP contribution in [0.25, 0.3) is 22.8 Å². The van der Waals surface area contributed by atoms with Gasteiger partial charge in [-0.25, -0.2) is 23.4 Å². The lowest BCUT2D eigenvalue weighted by molar-refractivity contribution is 0.308. The molecule has 0 aliphatic rings. The van der Waals surface area contributed by atoms with Crippen molar-refractivity contribution in [2.75, 3.05) is 5.73 Å². The monoisotopic (exact) mass is 435 g/mol. The zero-order valence-corrected chi connectivity index (χ0v) is 17.4. The molecule has 3 aromatic heterocycles. The minimum atomic E-state index is -1.02. The number of alkyl halides is 1. The molecule has 11 heteroatoms. The number of aromatic nitrogens is 7. The highest BCUT2D eigenvalue weighted by atomic mass is 19.1. The van der Waals surface area contributed by atoms with Crippen LogP contribution in [0.1, 0.15) is 23.7 Å². The van der Waals surface area contributed by atoms with Crippen LogP contribution in [-0.2, 0) is 13.1 Å².